The maximum atomic E-state index is 13.5. The van der Waals surface area contributed by atoms with Gasteiger partial charge in [-0.1, -0.05) is 6.07 Å². The zero-order chi connectivity index (χ0) is 13.0. The molecule has 96 valence electrons. The summed E-state index contributed by atoms with van der Waals surface area (Å²) in [4.78, 5) is 4.17. The second kappa shape index (κ2) is 6.02. The molecule has 1 aromatic carbocycles. The smallest absolute Gasteiger partial charge is 0.130 e. The van der Waals surface area contributed by atoms with E-state index in [0.717, 1.165) is 17.5 Å². The van der Waals surface area contributed by atoms with Crippen molar-refractivity contribution in [3.63, 3.8) is 0 Å². The lowest BCUT2D eigenvalue weighted by atomic mass is 10.1. The standard InChI is InChI=1S/C13H14F2N2S/c1-9(11-3-2-10(14)8-12(11)15)16-5-4-13-17-6-7-18-13/h2-3,6-9,16H,4-5H2,1H3. The van der Waals surface area contributed by atoms with Gasteiger partial charge in [0.1, 0.15) is 11.6 Å². The Labute approximate surface area is 109 Å². The molecule has 0 aliphatic rings. The quantitative estimate of drug-likeness (QED) is 0.900. The molecule has 1 heterocycles. The SMILES string of the molecule is CC(NCCc1nccs1)c1ccc(F)cc1F. The summed E-state index contributed by atoms with van der Waals surface area (Å²) in [5, 5.41) is 6.18. The van der Waals surface area contributed by atoms with Crippen LogP contribution in [0.25, 0.3) is 0 Å². The first-order valence-electron chi connectivity index (χ1n) is 5.73. The summed E-state index contributed by atoms with van der Waals surface area (Å²) in [6.07, 6.45) is 2.58. The average Bonchev–Trinajstić information content (AvgIpc) is 2.81. The van der Waals surface area contributed by atoms with Gasteiger partial charge in [0.15, 0.2) is 0 Å². The molecule has 18 heavy (non-hydrogen) atoms. The second-order valence-electron chi connectivity index (χ2n) is 4.02. The molecule has 0 aliphatic heterocycles. The van der Waals surface area contributed by atoms with Crippen LogP contribution in [0, 0.1) is 11.6 Å². The maximum Gasteiger partial charge on any atom is 0.130 e. The van der Waals surface area contributed by atoms with E-state index in [2.05, 4.69) is 10.3 Å². The van der Waals surface area contributed by atoms with Crippen LogP contribution < -0.4 is 5.32 Å². The number of nitrogens with one attached hydrogen (secondary N) is 1. The van der Waals surface area contributed by atoms with Gasteiger partial charge in [0, 0.05) is 42.2 Å². The maximum absolute atomic E-state index is 13.5. The minimum atomic E-state index is -0.550. The molecule has 0 amide bonds. The number of hydrogen-bond acceptors (Lipinski definition) is 3. The van der Waals surface area contributed by atoms with E-state index in [-0.39, 0.29) is 6.04 Å². The molecule has 0 radical (unpaired) electrons. The Morgan fingerprint density at radius 2 is 2.22 bits per heavy atom. The lowest BCUT2D eigenvalue weighted by molar-refractivity contribution is 0.520. The van der Waals surface area contributed by atoms with E-state index in [0.29, 0.717) is 12.1 Å². The highest BCUT2D eigenvalue weighted by Gasteiger charge is 2.11. The van der Waals surface area contributed by atoms with E-state index >= 15 is 0 Å². The van der Waals surface area contributed by atoms with Crippen LogP contribution in [0.3, 0.4) is 0 Å². The Hall–Kier alpha value is -1.33. The Morgan fingerprint density at radius 3 is 2.89 bits per heavy atom. The van der Waals surface area contributed by atoms with Crippen LogP contribution in [0.15, 0.2) is 29.8 Å². The van der Waals surface area contributed by atoms with Crippen molar-refractivity contribution in [2.75, 3.05) is 6.54 Å². The van der Waals surface area contributed by atoms with Gasteiger partial charge in [-0.15, -0.1) is 11.3 Å². The molecule has 2 aromatic rings. The van der Waals surface area contributed by atoms with Gasteiger partial charge >= 0.3 is 0 Å². The number of aromatic nitrogens is 1. The Balaban J connectivity index is 1.89. The van der Waals surface area contributed by atoms with Gasteiger partial charge in [0.05, 0.1) is 5.01 Å². The molecule has 0 bridgehead atoms. The zero-order valence-corrected chi connectivity index (χ0v) is 10.8. The van der Waals surface area contributed by atoms with E-state index in [9.17, 15) is 8.78 Å². The fourth-order valence-corrected chi connectivity index (χ4v) is 2.36. The highest BCUT2D eigenvalue weighted by Crippen LogP contribution is 2.17. The van der Waals surface area contributed by atoms with Gasteiger partial charge in [-0.05, 0) is 13.0 Å². The molecule has 2 rings (SSSR count). The van der Waals surface area contributed by atoms with Crippen molar-refractivity contribution in [3.05, 3.63) is 52.0 Å². The van der Waals surface area contributed by atoms with Crippen LogP contribution in [0.2, 0.25) is 0 Å². The van der Waals surface area contributed by atoms with Crippen molar-refractivity contribution >= 4 is 11.3 Å². The van der Waals surface area contributed by atoms with Crippen molar-refractivity contribution < 1.29 is 8.78 Å². The number of nitrogens with zero attached hydrogens (tertiary/aromatic N) is 1. The first-order chi connectivity index (χ1) is 8.66. The topological polar surface area (TPSA) is 24.9 Å². The number of benzene rings is 1. The summed E-state index contributed by atoms with van der Waals surface area (Å²) in [5.74, 6) is -1.06. The summed E-state index contributed by atoms with van der Waals surface area (Å²) < 4.78 is 26.3. The van der Waals surface area contributed by atoms with E-state index in [1.165, 1.54) is 12.1 Å². The van der Waals surface area contributed by atoms with Crippen molar-refractivity contribution in [2.24, 2.45) is 0 Å². The molecule has 1 N–H and O–H groups in total. The van der Waals surface area contributed by atoms with Crippen molar-refractivity contribution in [1.29, 1.82) is 0 Å². The Morgan fingerprint density at radius 1 is 1.39 bits per heavy atom. The minimum Gasteiger partial charge on any atom is -0.310 e. The first kappa shape index (κ1) is 13.1. The van der Waals surface area contributed by atoms with E-state index in [4.69, 9.17) is 0 Å². The fourth-order valence-electron chi connectivity index (χ4n) is 1.73. The van der Waals surface area contributed by atoms with Gasteiger partial charge in [-0.2, -0.15) is 0 Å². The lowest BCUT2D eigenvalue weighted by Crippen LogP contribution is -2.22. The van der Waals surface area contributed by atoms with Gasteiger partial charge in [-0.25, -0.2) is 13.8 Å². The molecule has 1 atom stereocenters. The largest absolute Gasteiger partial charge is 0.310 e. The summed E-state index contributed by atoms with van der Waals surface area (Å²) in [7, 11) is 0. The summed E-state index contributed by atoms with van der Waals surface area (Å²) in [6, 6.07) is 3.52. The van der Waals surface area contributed by atoms with Crippen LogP contribution in [-0.4, -0.2) is 11.5 Å². The Kier molecular flexibility index (Phi) is 4.38. The fraction of sp³-hybridized carbons (Fsp3) is 0.308. The van der Waals surface area contributed by atoms with Gasteiger partial charge in [0.25, 0.3) is 0 Å². The number of rotatable bonds is 5. The molecule has 0 fully saturated rings. The van der Waals surface area contributed by atoms with E-state index in [1.807, 2.05) is 12.3 Å². The van der Waals surface area contributed by atoms with Crippen LogP contribution in [-0.2, 0) is 6.42 Å². The first-order valence-corrected chi connectivity index (χ1v) is 6.61. The van der Waals surface area contributed by atoms with Crippen molar-refractivity contribution in [3.8, 4) is 0 Å². The predicted molar refractivity (Wildman–Crippen MR) is 68.6 cm³/mol. The average molecular weight is 268 g/mol. The number of hydrogen-bond donors (Lipinski definition) is 1. The molecule has 1 aromatic heterocycles. The van der Waals surface area contributed by atoms with Gasteiger partial charge in [0.2, 0.25) is 0 Å². The molecular formula is C13H14F2N2S. The predicted octanol–water partition coefficient (Wildman–Crippen LogP) is 3.31. The molecule has 0 saturated carbocycles. The number of thiazole rings is 1. The van der Waals surface area contributed by atoms with Crippen molar-refractivity contribution in [1.82, 2.24) is 10.3 Å². The van der Waals surface area contributed by atoms with Gasteiger partial charge < -0.3 is 5.32 Å². The van der Waals surface area contributed by atoms with E-state index in [1.54, 1.807) is 17.5 Å². The zero-order valence-electron chi connectivity index (χ0n) is 9.99. The molecule has 0 saturated heterocycles. The highest BCUT2D eigenvalue weighted by molar-refractivity contribution is 7.09. The lowest BCUT2D eigenvalue weighted by Gasteiger charge is -2.14. The van der Waals surface area contributed by atoms with Gasteiger partial charge in [-0.3, -0.25) is 0 Å². The molecule has 0 aliphatic carbocycles. The number of halogens is 2. The van der Waals surface area contributed by atoms with Crippen molar-refractivity contribution in [2.45, 2.75) is 19.4 Å². The summed E-state index contributed by atoms with van der Waals surface area (Å²) >= 11 is 1.60. The third kappa shape index (κ3) is 3.34. The molecule has 2 nitrogen and oxygen atoms in total. The van der Waals surface area contributed by atoms with Crippen LogP contribution in [0.4, 0.5) is 8.78 Å². The van der Waals surface area contributed by atoms with Crippen LogP contribution in [0.5, 0.6) is 0 Å². The summed E-state index contributed by atoms with van der Waals surface area (Å²) in [5.41, 5.74) is 0.482. The molecule has 0 spiro atoms. The van der Waals surface area contributed by atoms with Crippen LogP contribution >= 0.6 is 11.3 Å². The Bertz CT molecular complexity index is 500. The third-order valence-electron chi connectivity index (χ3n) is 2.70. The normalized spacial score (nSPS) is 12.6. The minimum absolute atomic E-state index is 0.148. The molecule has 5 heteroatoms. The highest BCUT2D eigenvalue weighted by atomic mass is 32.1. The molecular weight excluding hydrogens is 254 g/mol. The van der Waals surface area contributed by atoms with Crippen LogP contribution in [0.1, 0.15) is 23.5 Å². The second-order valence-corrected chi connectivity index (χ2v) is 5.00. The van der Waals surface area contributed by atoms with E-state index < -0.39 is 11.6 Å². The molecule has 1 unspecified atom stereocenters. The summed E-state index contributed by atoms with van der Waals surface area (Å²) in [6.45, 7) is 2.57. The monoisotopic (exact) mass is 268 g/mol. The third-order valence-corrected chi connectivity index (χ3v) is 3.54.